The first kappa shape index (κ1) is 9.93. The van der Waals surface area contributed by atoms with E-state index in [4.69, 9.17) is 5.41 Å². The first-order chi connectivity index (χ1) is 6.36. The van der Waals surface area contributed by atoms with Gasteiger partial charge in [0.05, 0.1) is 0 Å². The Balaban J connectivity index is 2.38. The van der Waals surface area contributed by atoms with Gasteiger partial charge in [0, 0.05) is 18.8 Å². The van der Waals surface area contributed by atoms with Crippen LogP contribution in [-0.2, 0) is 6.54 Å². The van der Waals surface area contributed by atoms with Crippen LogP contribution in [0.15, 0.2) is 30.3 Å². The third-order valence-electron chi connectivity index (χ3n) is 2.05. The lowest BCUT2D eigenvalue weighted by atomic mass is 10.2. The Hall–Kier alpha value is -1.15. The Bertz CT molecular complexity index is 244. The standard InChI is InChI=1S/C11H16N2/c1-2-11(8-12)13-9-10-6-4-3-5-7-10/h3-8,11-13H,2,9H2,1H3. The summed E-state index contributed by atoms with van der Waals surface area (Å²) in [6, 6.07) is 10.5. The highest BCUT2D eigenvalue weighted by Gasteiger charge is 1.99. The molecule has 13 heavy (non-hydrogen) atoms. The van der Waals surface area contributed by atoms with Crippen LogP contribution in [0.4, 0.5) is 0 Å². The fraction of sp³-hybridized carbons (Fsp3) is 0.364. The molecule has 0 radical (unpaired) electrons. The van der Waals surface area contributed by atoms with E-state index in [2.05, 4.69) is 24.4 Å². The lowest BCUT2D eigenvalue weighted by Crippen LogP contribution is -2.28. The summed E-state index contributed by atoms with van der Waals surface area (Å²) in [5.41, 5.74) is 1.27. The number of hydrogen-bond acceptors (Lipinski definition) is 2. The molecule has 0 spiro atoms. The maximum atomic E-state index is 7.14. The molecule has 0 aliphatic rings. The van der Waals surface area contributed by atoms with Crippen LogP contribution in [0.3, 0.4) is 0 Å². The van der Waals surface area contributed by atoms with Crippen LogP contribution >= 0.6 is 0 Å². The van der Waals surface area contributed by atoms with E-state index in [-0.39, 0.29) is 6.04 Å². The van der Waals surface area contributed by atoms with Gasteiger partial charge in [-0.15, -0.1) is 0 Å². The number of nitrogens with one attached hydrogen (secondary N) is 2. The van der Waals surface area contributed by atoms with Crippen LogP contribution in [0.2, 0.25) is 0 Å². The third-order valence-corrected chi connectivity index (χ3v) is 2.05. The van der Waals surface area contributed by atoms with E-state index in [1.807, 2.05) is 18.2 Å². The van der Waals surface area contributed by atoms with Crippen LogP contribution in [0.5, 0.6) is 0 Å². The normalized spacial score (nSPS) is 12.4. The maximum Gasteiger partial charge on any atom is 0.0417 e. The molecular formula is C11H16N2. The molecule has 2 heteroatoms. The minimum atomic E-state index is 0.209. The quantitative estimate of drug-likeness (QED) is 0.663. The van der Waals surface area contributed by atoms with Crippen molar-refractivity contribution in [1.29, 1.82) is 5.41 Å². The molecule has 70 valence electrons. The van der Waals surface area contributed by atoms with Crippen molar-refractivity contribution in [1.82, 2.24) is 5.32 Å². The summed E-state index contributed by atoms with van der Waals surface area (Å²) < 4.78 is 0. The maximum absolute atomic E-state index is 7.14. The predicted octanol–water partition coefficient (Wildman–Crippen LogP) is 2.20. The number of benzene rings is 1. The van der Waals surface area contributed by atoms with E-state index >= 15 is 0 Å². The first-order valence-electron chi connectivity index (χ1n) is 4.64. The molecule has 1 atom stereocenters. The fourth-order valence-electron chi connectivity index (χ4n) is 1.17. The molecule has 1 unspecified atom stereocenters. The largest absolute Gasteiger partial charge is 0.311 e. The van der Waals surface area contributed by atoms with Crippen molar-refractivity contribution in [2.75, 3.05) is 0 Å². The zero-order chi connectivity index (χ0) is 9.52. The highest BCUT2D eigenvalue weighted by atomic mass is 14.9. The van der Waals surface area contributed by atoms with Gasteiger partial charge in [-0.05, 0) is 12.0 Å². The van der Waals surface area contributed by atoms with Gasteiger partial charge in [-0.3, -0.25) is 0 Å². The van der Waals surface area contributed by atoms with Gasteiger partial charge in [0.25, 0.3) is 0 Å². The molecule has 0 saturated carbocycles. The van der Waals surface area contributed by atoms with E-state index in [1.165, 1.54) is 11.8 Å². The summed E-state index contributed by atoms with van der Waals surface area (Å²) in [4.78, 5) is 0. The number of rotatable bonds is 5. The van der Waals surface area contributed by atoms with E-state index in [1.54, 1.807) is 0 Å². The smallest absolute Gasteiger partial charge is 0.0417 e. The van der Waals surface area contributed by atoms with Crippen LogP contribution in [-0.4, -0.2) is 12.3 Å². The summed E-state index contributed by atoms with van der Waals surface area (Å²) in [7, 11) is 0. The monoisotopic (exact) mass is 176 g/mol. The Labute approximate surface area is 79.5 Å². The van der Waals surface area contributed by atoms with E-state index < -0.39 is 0 Å². The molecule has 2 N–H and O–H groups in total. The van der Waals surface area contributed by atoms with Crippen LogP contribution in [0, 0.1) is 5.41 Å². The molecule has 1 aromatic rings. The third kappa shape index (κ3) is 3.38. The highest BCUT2D eigenvalue weighted by Crippen LogP contribution is 1.98. The molecule has 0 amide bonds. The molecule has 0 aliphatic heterocycles. The predicted molar refractivity (Wildman–Crippen MR) is 56.1 cm³/mol. The second-order valence-electron chi connectivity index (χ2n) is 3.05. The molecule has 0 fully saturated rings. The van der Waals surface area contributed by atoms with Crippen LogP contribution in [0.25, 0.3) is 0 Å². The highest BCUT2D eigenvalue weighted by molar-refractivity contribution is 5.60. The second-order valence-corrected chi connectivity index (χ2v) is 3.05. The van der Waals surface area contributed by atoms with Crippen LogP contribution in [0.1, 0.15) is 18.9 Å². The van der Waals surface area contributed by atoms with Gasteiger partial charge in [0.1, 0.15) is 0 Å². The molecular weight excluding hydrogens is 160 g/mol. The summed E-state index contributed by atoms with van der Waals surface area (Å²) in [5, 5.41) is 10.4. The molecule has 0 aromatic heterocycles. The molecule has 0 bridgehead atoms. The molecule has 0 heterocycles. The molecule has 1 rings (SSSR count). The minimum absolute atomic E-state index is 0.209. The Kier molecular flexibility index (Phi) is 4.19. The number of hydrogen-bond donors (Lipinski definition) is 2. The van der Waals surface area contributed by atoms with Gasteiger partial charge in [-0.1, -0.05) is 37.3 Å². The molecule has 0 aliphatic carbocycles. The van der Waals surface area contributed by atoms with Gasteiger partial charge < -0.3 is 10.7 Å². The lowest BCUT2D eigenvalue weighted by molar-refractivity contribution is 0.609. The molecule has 2 nitrogen and oxygen atoms in total. The Morgan fingerprint density at radius 2 is 2.08 bits per heavy atom. The van der Waals surface area contributed by atoms with E-state index in [9.17, 15) is 0 Å². The van der Waals surface area contributed by atoms with Gasteiger partial charge in [-0.2, -0.15) is 0 Å². The van der Waals surface area contributed by atoms with Crippen molar-refractivity contribution in [2.24, 2.45) is 0 Å². The van der Waals surface area contributed by atoms with Gasteiger partial charge >= 0.3 is 0 Å². The first-order valence-corrected chi connectivity index (χ1v) is 4.64. The van der Waals surface area contributed by atoms with E-state index in [0.29, 0.717) is 0 Å². The Morgan fingerprint density at radius 1 is 1.38 bits per heavy atom. The van der Waals surface area contributed by atoms with Gasteiger partial charge in [0.2, 0.25) is 0 Å². The van der Waals surface area contributed by atoms with Crippen molar-refractivity contribution < 1.29 is 0 Å². The van der Waals surface area contributed by atoms with E-state index in [0.717, 1.165) is 13.0 Å². The molecule has 1 aromatic carbocycles. The average Bonchev–Trinajstić information content (AvgIpc) is 2.21. The zero-order valence-corrected chi connectivity index (χ0v) is 7.96. The second kappa shape index (κ2) is 5.49. The van der Waals surface area contributed by atoms with Crippen molar-refractivity contribution in [3.63, 3.8) is 0 Å². The lowest BCUT2D eigenvalue weighted by Gasteiger charge is -2.10. The summed E-state index contributed by atoms with van der Waals surface area (Å²) >= 11 is 0. The zero-order valence-electron chi connectivity index (χ0n) is 7.96. The molecule has 0 saturated heterocycles. The van der Waals surface area contributed by atoms with Crippen molar-refractivity contribution in [2.45, 2.75) is 25.9 Å². The topological polar surface area (TPSA) is 35.9 Å². The Morgan fingerprint density at radius 3 is 2.62 bits per heavy atom. The van der Waals surface area contributed by atoms with Crippen molar-refractivity contribution >= 4 is 6.21 Å². The van der Waals surface area contributed by atoms with Gasteiger partial charge in [0.15, 0.2) is 0 Å². The van der Waals surface area contributed by atoms with Gasteiger partial charge in [-0.25, -0.2) is 0 Å². The fourth-order valence-corrected chi connectivity index (χ4v) is 1.17. The minimum Gasteiger partial charge on any atom is -0.311 e. The van der Waals surface area contributed by atoms with Crippen molar-refractivity contribution in [3.8, 4) is 0 Å². The summed E-state index contributed by atoms with van der Waals surface area (Å²) in [6.07, 6.45) is 2.43. The SMILES string of the molecule is CCC(C=N)NCc1ccccc1. The summed E-state index contributed by atoms with van der Waals surface area (Å²) in [5.74, 6) is 0. The average molecular weight is 176 g/mol. The van der Waals surface area contributed by atoms with Crippen molar-refractivity contribution in [3.05, 3.63) is 35.9 Å². The summed E-state index contributed by atoms with van der Waals surface area (Å²) in [6.45, 7) is 2.92. The van der Waals surface area contributed by atoms with Crippen LogP contribution < -0.4 is 5.32 Å².